The van der Waals surface area contributed by atoms with Gasteiger partial charge >= 0.3 is 0 Å². The summed E-state index contributed by atoms with van der Waals surface area (Å²) < 4.78 is 13.4. The molecule has 0 fully saturated rings. The van der Waals surface area contributed by atoms with Crippen molar-refractivity contribution >= 4 is 11.7 Å². The summed E-state index contributed by atoms with van der Waals surface area (Å²) in [6.07, 6.45) is 0. The molecule has 1 N–H and O–H groups in total. The molecule has 0 aromatic heterocycles. The highest BCUT2D eigenvalue weighted by Crippen LogP contribution is 2.08. The second-order valence-electron chi connectivity index (χ2n) is 3.88. The Labute approximate surface area is 106 Å². The molecule has 1 aromatic carbocycles. The van der Waals surface area contributed by atoms with Crippen molar-refractivity contribution in [3.63, 3.8) is 0 Å². The third kappa shape index (κ3) is 3.92. The van der Waals surface area contributed by atoms with E-state index in [1.807, 2.05) is 6.92 Å². The van der Waals surface area contributed by atoms with Crippen molar-refractivity contribution < 1.29 is 14.0 Å². The van der Waals surface area contributed by atoms with Crippen LogP contribution in [-0.4, -0.2) is 43.3 Å². The van der Waals surface area contributed by atoms with Crippen LogP contribution in [0.15, 0.2) is 24.3 Å². The summed E-state index contributed by atoms with van der Waals surface area (Å²) in [7, 11) is 1.54. The number of carbonyl (C=O) groups excluding carboxylic acids is 2. The van der Waals surface area contributed by atoms with Crippen LogP contribution in [0.5, 0.6) is 0 Å². The number of halogens is 1. The van der Waals surface area contributed by atoms with E-state index in [4.69, 9.17) is 0 Å². The van der Waals surface area contributed by atoms with Gasteiger partial charge in [0.25, 0.3) is 0 Å². The molecule has 0 spiro atoms. The second kappa shape index (κ2) is 6.86. The first-order valence-electron chi connectivity index (χ1n) is 5.79. The van der Waals surface area contributed by atoms with Gasteiger partial charge in [-0.1, -0.05) is 19.1 Å². The monoisotopic (exact) mass is 252 g/mol. The standard InChI is InChI=1S/C13H17FN2O2/c1-3-16(9-13(18)15-2)8-12(17)10-6-4-5-7-11(10)14/h4-7H,3,8-9H2,1-2H3,(H,15,18). The Kier molecular flexibility index (Phi) is 5.45. The van der Waals surface area contributed by atoms with Crippen LogP contribution in [0.25, 0.3) is 0 Å². The van der Waals surface area contributed by atoms with Gasteiger partial charge in [0.15, 0.2) is 5.78 Å². The average Bonchev–Trinajstić information content (AvgIpc) is 2.38. The summed E-state index contributed by atoms with van der Waals surface area (Å²) >= 11 is 0. The molecule has 0 radical (unpaired) electrons. The minimum atomic E-state index is -0.529. The number of Topliss-reactive ketones (excluding diaryl/α,β-unsaturated/α-hetero) is 1. The highest BCUT2D eigenvalue weighted by molar-refractivity contribution is 5.98. The van der Waals surface area contributed by atoms with E-state index in [9.17, 15) is 14.0 Å². The normalized spacial score (nSPS) is 10.4. The maximum atomic E-state index is 13.4. The van der Waals surface area contributed by atoms with Gasteiger partial charge in [0.2, 0.25) is 5.91 Å². The smallest absolute Gasteiger partial charge is 0.233 e. The fraction of sp³-hybridized carbons (Fsp3) is 0.385. The Balaban J connectivity index is 2.68. The lowest BCUT2D eigenvalue weighted by atomic mass is 10.1. The van der Waals surface area contributed by atoms with Crippen molar-refractivity contribution in [1.82, 2.24) is 10.2 Å². The van der Waals surface area contributed by atoms with E-state index in [0.717, 1.165) is 0 Å². The zero-order valence-corrected chi connectivity index (χ0v) is 10.6. The van der Waals surface area contributed by atoms with Gasteiger partial charge in [-0.15, -0.1) is 0 Å². The molecule has 0 saturated carbocycles. The highest BCUT2D eigenvalue weighted by atomic mass is 19.1. The predicted molar refractivity (Wildman–Crippen MR) is 66.9 cm³/mol. The van der Waals surface area contributed by atoms with Gasteiger partial charge in [-0.05, 0) is 18.7 Å². The molecule has 1 aromatic rings. The number of benzene rings is 1. The summed E-state index contributed by atoms with van der Waals surface area (Å²) in [6, 6.07) is 5.85. The number of nitrogens with one attached hydrogen (secondary N) is 1. The second-order valence-corrected chi connectivity index (χ2v) is 3.88. The van der Waals surface area contributed by atoms with Gasteiger partial charge in [0.05, 0.1) is 18.7 Å². The molecular weight excluding hydrogens is 235 g/mol. The van der Waals surface area contributed by atoms with Crippen molar-refractivity contribution in [1.29, 1.82) is 0 Å². The molecular formula is C13H17FN2O2. The van der Waals surface area contributed by atoms with E-state index in [1.54, 1.807) is 11.0 Å². The molecule has 0 unspecified atom stereocenters. The minimum Gasteiger partial charge on any atom is -0.358 e. The van der Waals surface area contributed by atoms with E-state index in [-0.39, 0.29) is 30.3 Å². The lowest BCUT2D eigenvalue weighted by molar-refractivity contribution is -0.121. The SMILES string of the molecule is CCN(CC(=O)NC)CC(=O)c1ccccc1F. The Bertz CT molecular complexity index is 435. The number of nitrogens with zero attached hydrogens (tertiary/aromatic N) is 1. The highest BCUT2D eigenvalue weighted by Gasteiger charge is 2.16. The van der Waals surface area contributed by atoms with Gasteiger partial charge < -0.3 is 5.32 Å². The zero-order valence-electron chi connectivity index (χ0n) is 10.6. The molecule has 0 aliphatic heterocycles. The van der Waals surface area contributed by atoms with Crippen LogP contribution in [0, 0.1) is 5.82 Å². The van der Waals surface area contributed by atoms with Gasteiger partial charge in [-0.2, -0.15) is 0 Å². The summed E-state index contributed by atoms with van der Waals surface area (Å²) in [4.78, 5) is 24.8. The number of hydrogen-bond acceptors (Lipinski definition) is 3. The maximum absolute atomic E-state index is 13.4. The van der Waals surface area contributed by atoms with Crippen LogP contribution >= 0.6 is 0 Å². The molecule has 1 rings (SSSR count). The quantitative estimate of drug-likeness (QED) is 0.771. The Morgan fingerprint density at radius 1 is 1.28 bits per heavy atom. The number of carbonyl (C=O) groups is 2. The molecule has 0 atom stereocenters. The molecule has 18 heavy (non-hydrogen) atoms. The molecule has 5 heteroatoms. The lowest BCUT2D eigenvalue weighted by Gasteiger charge is -2.18. The molecule has 1 amide bonds. The van der Waals surface area contributed by atoms with Crippen LogP contribution in [-0.2, 0) is 4.79 Å². The fourth-order valence-corrected chi connectivity index (χ4v) is 1.54. The van der Waals surface area contributed by atoms with Crippen molar-refractivity contribution in [2.75, 3.05) is 26.7 Å². The van der Waals surface area contributed by atoms with Crippen LogP contribution in [0.3, 0.4) is 0 Å². The predicted octanol–water partition coefficient (Wildman–Crippen LogP) is 1.08. The van der Waals surface area contributed by atoms with Crippen molar-refractivity contribution in [3.8, 4) is 0 Å². The molecule has 0 aliphatic rings. The Morgan fingerprint density at radius 3 is 2.50 bits per heavy atom. The molecule has 4 nitrogen and oxygen atoms in total. The van der Waals surface area contributed by atoms with E-state index in [1.165, 1.54) is 25.2 Å². The average molecular weight is 252 g/mol. The molecule has 0 aliphatic carbocycles. The van der Waals surface area contributed by atoms with Crippen LogP contribution in [0.2, 0.25) is 0 Å². The molecule has 0 heterocycles. The summed E-state index contributed by atoms with van der Waals surface area (Å²) in [5, 5.41) is 2.49. The number of ketones is 1. The zero-order chi connectivity index (χ0) is 13.5. The van der Waals surface area contributed by atoms with Crippen LogP contribution < -0.4 is 5.32 Å². The van der Waals surface area contributed by atoms with Gasteiger partial charge in [-0.3, -0.25) is 14.5 Å². The van der Waals surface area contributed by atoms with Crippen molar-refractivity contribution in [2.24, 2.45) is 0 Å². The molecule has 0 bridgehead atoms. The summed E-state index contributed by atoms with van der Waals surface area (Å²) in [5.41, 5.74) is 0.0628. The number of amides is 1. The Morgan fingerprint density at radius 2 is 1.94 bits per heavy atom. The van der Waals surface area contributed by atoms with Gasteiger partial charge in [0, 0.05) is 7.05 Å². The van der Waals surface area contributed by atoms with Crippen LogP contribution in [0.1, 0.15) is 17.3 Å². The lowest BCUT2D eigenvalue weighted by Crippen LogP contribution is -2.38. The third-order valence-corrected chi connectivity index (χ3v) is 2.63. The van der Waals surface area contributed by atoms with Gasteiger partial charge in [0.1, 0.15) is 5.82 Å². The van der Waals surface area contributed by atoms with Gasteiger partial charge in [-0.25, -0.2) is 4.39 Å². The first-order chi connectivity index (χ1) is 8.58. The van der Waals surface area contributed by atoms with E-state index < -0.39 is 5.82 Å². The van der Waals surface area contributed by atoms with Crippen molar-refractivity contribution in [2.45, 2.75) is 6.92 Å². The Hall–Kier alpha value is -1.75. The third-order valence-electron chi connectivity index (χ3n) is 2.63. The van der Waals surface area contributed by atoms with E-state index >= 15 is 0 Å². The van der Waals surface area contributed by atoms with Crippen molar-refractivity contribution in [3.05, 3.63) is 35.6 Å². The number of likely N-dealkylation sites (N-methyl/N-ethyl adjacent to an activating group) is 2. The first kappa shape index (κ1) is 14.3. The summed E-state index contributed by atoms with van der Waals surface area (Å²) in [5.74, 6) is -1.02. The largest absolute Gasteiger partial charge is 0.358 e. The fourth-order valence-electron chi connectivity index (χ4n) is 1.54. The maximum Gasteiger partial charge on any atom is 0.233 e. The minimum absolute atomic E-state index is 0.0326. The topological polar surface area (TPSA) is 49.4 Å². The van der Waals surface area contributed by atoms with E-state index in [2.05, 4.69) is 5.32 Å². The first-order valence-corrected chi connectivity index (χ1v) is 5.79. The number of rotatable bonds is 6. The number of hydrogen-bond donors (Lipinski definition) is 1. The van der Waals surface area contributed by atoms with E-state index in [0.29, 0.717) is 6.54 Å². The molecule has 98 valence electrons. The summed E-state index contributed by atoms with van der Waals surface area (Å²) in [6.45, 7) is 2.56. The van der Waals surface area contributed by atoms with Crippen LogP contribution in [0.4, 0.5) is 4.39 Å². The molecule has 0 saturated heterocycles.